The lowest BCUT2D eigenvalue weighted by molar-refractivity contribution is 0.262. The molecule has 2 aromatic rings. The molecule has 4 nitrogen and oxygen atoms in total. The fourth-order valence-corrected chi connectivity index (χ4v) is 1.69. The zero-order valence-electron chi connectivity index (χ0n) is 10.8. The zero-order valence-corrected chi connectivity index (χ0v) is 10.8. The van der Waals surface area contributed by atoms with E-state index in [0.717, 1.165) is 11.6 Å². The fraction of sp³-hybridized carbons (Fsp3) is 0.0667. The van der Waals surface area contributed by atoms with E-state index in [9.17, 15) is 9.18 Å². The molecule has 0 aliphatic rings. The summed E-state index contributed by atoms with van der Waals surface area (Å²) in [5.41, 5.74) is 1.85. The number of carbonyl (C=O) groups is 1. The van der Waals surface area contributed by atoms with Gasteiger partial charge in [-0.2, -0.15) is 5.26 Å². The first-order chi connectivity index (χ1) is 9.58. The molecule has 0 atom stereocenters. The molecule has 0 unspecified atom stereocenters. The summed E-state index contributed by atoms with van der Waals surface area (Å²) < 4.78 is 13.6. The van der Waals surface area contributed by atoms with Crippen LogP contribution in [0.3, 0.4) is 0 Å². The Hall–Kier alpha value is -2.87. The van der Waals surface area contributed by atoms with Crippen LogP contribution in [0.2, 0.25) is 0 Å². The Morgan fingerprint density at radius 1 is 1.20 bits per heavy atom. The number of nitrogens with one attached hydrogen (secondary N) is 2. The molecule has 0 saturated carbocycles. The van der Waals surface area contributed by atoms with Gasteiger partial charge in [-0.25, -0.2) is 9.18 Å². The van der Waals surface area contributed by atoms with Gasteiger partial charge in [0.05, 0.1) is 17.3 Å². The van der Waals surface area contributed by atoms with Gasteiger partial charge in [-0.05, 0) is 42.8 Å². The highest BCUT2D eigenvalue weighted by atomic mass is 19.1. The van der Waals surface area contributed by atoms with Crippen molar-refractivity contribution in [2.45, 2.75) is 6.92 Å². The van der Waals surface area contributed by atoms with Gasteiger partial charge in [0.1, 0.15) is 5.82 Å². The predicted octanol–water partition coefficient (Wildman–Crippen LogP) is 3.65. The number of nitriles is 1. The third-order valence-corrected chi connectivity index (χ3v) is 2.62. The summed E-state index contributed by atoms with van der Waals surface area (Å²) in [5.74, 6) is -0.650. The van der Waals surface area contributed by atoms with Crippen LogP contribution in [0.1, 0.15) is 11.1 Å². The Morgan fingerprint density at radius 3 is 2.65 bits per heavy atom. The van der Waals surface area contributed by atoms with Gasteiger partial charge in [-0.1, -0.05) is 12.1 Å². The van der Waals surface area contributed by atoms with E-state index >= 15 is 0 Å². The van der Waals surface area contributed by atoms with Crippen LogP contribution < -0.4 is 10.6 Å². The largest absolute Gasteiger partial charge is 0.323 e. The first kappa shape index (κ1) is 13.6. The first-order valence-electron chi connectivity index (χ1n) is 5.93. The third-order valence-electron chi connectivity index (χ3n) is 2.62. The molecule has 0 bridgehead atoms. The molecular weight excluding hydrogens is 257 g/mol. The topological polar surface area (TPSA) is 64.9 Å². The van der Waals surface area contributed by atoms with Gasteiger partial charge < -0.3 is 10.6 Å². The van der Waals surface area contributed by atoms with Gasteiger partial charge in [0.15, 0.2) is 0 Å². The van der Waals surface area contributed by atoms with Gasteiger partial charge in [-0.3, -0.25) is 0 Å². The van der Waals surface area contributed by atoms with Crippen molar-refractivity contribution in [1.29, 1.82) is 5.26 Å². The fourth-order valence-electron chi connectivity index (χ4n) is 1.69. The Balaban J connectivity index is 2.07. The average Bonchev–Trinajstić information content (AvgIpc) is 2.41. The molecule has 0 aliphatic heterocycles. The van der Waals surface area contributed by atoms with Crippen molar-refractivity contribution < 1.29 is 9.18 Å². The van der Waals surface area contributed by atoms with Gasteiger partial charge in [0.2, 0.25) is 0 Å². The smallest absolute Gasteiger partial charge is 0.308 e. The number of aryl methyl sites for hydroxylation is 1. The Morgan fingerprint density at radius 2 is 2.00 bits per heavy atom. The molecule has 0 spiro atoms. The highest BCUT2D eigenvalue weighted by Crippen LogP contribution is 2.16. The van der Waals surface area contributed by atoms with Crippen molar-refractivity contribution >= 4 is 17.4 Å². The summed E-state index contributed by atoms with van der Waals surface area (Å²) >= 11 is 0. The molecular formula is C15H12FN3O. The lowest BCUT2D eigenvalue weighted by atomic mass is 10.2. The summed E-state index contributed by atoms with van der Waals surface area (Å²) in [6.07, 6.45) is 0. The molecule has 2 N–H and O–H groups in total. The SMILES string of the molecule is Cc1cccc(NC(=O)Nc2ccc(C#N)cc2F)c1. The number of halogens is 1. The van der Waals surface area contributed by atoms with Crippen molar-refractivity contribution in [2.75, 3.05) is 10.6 Å². The van der Waals surface area contributed by atoms with Crippen LogP contribution in [-0.2, 0) is 0 Å². The lowest BCUT2D eigenvalue weighted by Gasteiger charge is -2.09. The maximum atomic E-state index is 13.6. The minimum atomic E-state index is -0.650. The quantitative estimate of drug-likeness (QED) is 0.874. The molecule has 0 aliphatic carbocycles. The van der Waals surface area contributed by atoms with Gasteiger partial charge >= 0.3 is 6.03 Å². The normalized spacial score (nSPS) is 9.65. The van der Waals surface area contributed by atoms with Crippen molar-refractivity contribution in [3.05, 3.63) is 59.4 Å². The van der Waals surface area contributed by atoms with Crippen molar-refractivity contribution in [3.63, 3.8) is 0 Å². The Kier molecular flexibility index (Phi) is 3.96. The van der Waals surface area contributed by atoms with E-state index in [4.69, 9.17) is 5.26 Å². The molecule has 0 radical (unpaired) electrons. The summed E-state index contributed by atoms with van der Waals surface area (Å²) in [4.78, 5) is 11.7. The summed E-state index contributed by atoms with van der Waals surface area (Å²) in [6.45, 7) is 1.91. The summed E-state index contributed by atoms with van der Waals surface area (Å²) in [5, 5.41) is 13.6. The minimum absolute atomic E-state index is 0.0224. The van der Waals surface area contributed by atoms with E-state index in [2.05, 4.69) is 10.6 Å². The average molecular weight is 269 g/mol. The van der Waals surface area contributed by atoms with Crippen molar-refractivity contribution in [3.8, 4) is 6.07 Å². The number of anilines is 2. The second-order valence-electron chi connectivity index (χ2n) is 4.26. The highest BCUT2D eigenvalue weighted by Gasteiger charge is 2.08. The number of hydrogen-bond acceptors (Lipinski definition) is 2. The van der Waals surface area contributed by atoms with E-state index in [1.54, 1.807) is 12.1 Å². The number of carbonyl (C=O) groups excluding carboxylic acids is 1. The highest BCUT2D eigenvalue weighted by molar-refractivity contribution is 5.99. The molecule has 2 amide bonds. The van der Waals surface area contributed by atoms with Crippen molar-refractivity contribution in [2.24, 2.45) is 0 Å². The predicted molar refractivity (Wildman–Crippen MR) is 74.9 cm³/mol. The van der Waals surface area contributed by atoms with Crippen LogP contribution in [0.25, 0.3) is 0 Å². The molecule has 0 aromatic heterocycles. The van der Waals surface area contributed by atoms with Crippen LogP contribution in [0, 0.1) is 24.1 Å². The maximum absolute atomic E-state index is 13.6. The number of nitrogens with zero attached hydrogens (tertiary/aromatic N) is 1. The third kappa shape index (κ3) is 3.33. The summed E-state index contributed by atoms with van der Waals surface area (Å²) in [7, 11) is 0. The molecule has 2 aromatic carbocycles. The second kappa shape index (κ2) is 5.85. The second-order valence-corrected chi connectivity index (χ2v) is 4.26. The maximum Gasteiger partial charge on any atom is 0.323 e. The molecule has 0 heterocycles. The lowest BCUT2D eigenvalue weighted by Crippen LogP contribution is -2.20. The molecule has 20 heavy (non-hydrogen) atoms. The van der Waals surface area contributed by atoms with Gasteiger partial charge in [0.25, 0.3) is 0 Å². The van der Waals surface area contributed by atoms with Crippen LogP contribution in [0.15, 0.2) is 42.5 Å². The Bertz CT molecular complexity index is 692. The first-order valence-corrected chi connectivity index (χ1v) is 5.93. The van der Waals surface area contributed by atoms with E-state index in [-0.39, 0.29) is 11.3 Å². The number of benzene rings is 2. The minimum Gasteiger partial charge on any atom is -0.308 e. The standard InChI is InChI=1S/C15H12FN3O/c1-10-3-2-4-12(7-10)18-15(20)19-14-6-5-11(9-17)8-13(14)16/h2-8H,1H3,(H2,18,19,20). The monoisotopic (exact) mass is 269 g/mol. The number of urea groups is 1. The van der Waals surface area contributed by atoms with Crippen LogP contribution in [0.4, 0.5) is 20.6 Å². The van der Waals surface area contributed by atoms with E-state index in [1.165, 1.54) is 12.1 Å². The van der Waals surface area contributed by atoms with Gasteiger partial charge in [-0.15, -0.1) is 0 Å². The van der Waals surface area contributed by atoms with E-state index in [1.807, 2.05) is 25.1 Å². The Labute approximate surface area is 115 Å². The summed E-state index contributed by atoms with van der Waals surface area (Å²) in [6, 6.07) is 12.4. The van der Waals surface area contributed by atoms with E-state index < -0.39 is 11.8 Å². The number of hydrogen-bond donors (Lipinski definition) is 2. The van der Waals surface area contributed by atoms with Crippen LogP contribution >= 0.6 is 0 Å². The molecule has 0 saturated heterocycles. The molecule has 5 heteroatoms. The van der Waals surface area contributed by atoms with Gasteiger partial charge in [0, 0.05) is 5.69 Å². The van der Waals surface area contributed by atoms with E-state index in [0.29, 0.717) is 5.69 Å². The zero-order chi connectivity index (χ0) is 14.5. The molecule has 0 fully saturated rings. The van der Waals surface area contributed by atoms with Crippen molar-refractivity contribution in [1.82, 2.24) is 0 Å². The molecule has 2 rings (SSSR count). The van der Waals surface area contributed by atoms with Crippen LogP contribution in [-0.4, -0.2) is 6.03 Å². The molecule has 100 valence electrons. The number of rotatable bonds is 2. The number of amides is 2. The van der Waals surface area contributed by atoms with Crippen LogP contribution in [0.5, 0.6) is 0 Å².